The van der Waals surface area contributed by atoms with E-state index in [9.17, 15) is 4.79 Å². The summed E-state index contributed by atoms with van der Waals surface area (Å²) in [4.78, 5) is 13.3. The van der Waals surface area contributed by atoms with E-state index in [0.717, 1.165) is 19.3 Å². The normalized spacial score (nSPS) is 21.9. The zero-order chi connectivity index (χ0) is 10.6. The lowest BCUT2D eigenvalue weighted by Gasteiger charge is -2.26. The summed E-state index contributed by atoms with van der Waals surface area (Å²) in [5.74, 6) is 0.196. The smallest absolute Gasteiger partial charge is 0.223 e. The van der Waals surface area contributed by atoms with E-state index in [1.165, 1.54) is 0 Å². The second-order valence-electron chi connectivity index (χ2n) is 3.60. The highest BCUT2D eigenvalue weighted by Gasteiger charge is 2.24. The highest BCUT2D eigenvalue weighted by atomic mass is 16.4. The minimum absolute atomic E-state index is 0.0975. The molecular weight excluding hydrogens is 182 g/mol. The number of likely N-dealkylation sites (tertiary alicyclic amines) is 1. The lowest BCUT2D eigenvalue weighted by atomic mass is 10.2. The molecule has 0 aromatic heterocycles. The fourth-order valence-electron chi connectivity index (χ4n) is 1.66. The summed E-state index contributed by atoms with van der Waals surface area (Å²) >= 11 is 0. The van der Waals surface area contributed by atoms with Crippen LogP contribution in [0.1, 0.15) is 32.6 Å². The van der Waals surface area contributed by atoms with Gasteiger partial charge in [0.2, 0.25) is 5.91 Å². The van der Waals surface area contributed by atoms with Crippen molar-refractivity contribution in [3.8, 4) is 0 Å². The molecule has 0 radical (unpaired) electrons. The number of nitrogens with zero attached hydrogens (tertiary/aromatic N) is 2. The van der Waals surface area contributed by atoms with E-state index in [4.69, 9.17) is 10.9 Å². The molecule has 1 aliphatic heterocycles. The quantitative estimate of drug-likeness (QED) is 0.294. The second kappa shape index (κ2) is 4.83. The Labute approximate surface area is 83.6 Å². The molecule has 1 atom stereocenters. The van der Waals surface area contributed by atoms with Gasteiger partial charge < -0.3 is 15.8 Å². The molecule has 0 aromatic carbocycles. The van der Waals surface area contributed by atoms with Crippen LogP contribution < -0.4 is 5.73 Å². The van der Waals surface area contributed by atoms with Crippen LogP contribution >= 0.6 is 0 Å². The molecule has 0 spiro atoms. The van der Waals surface area contributed by atoms with Gasteiger partial charge in [0.05, 0.1) is 6.04 Å². The van der Waals surface area contributed by atoms with Gasteiger partial charge in [0.15, 0.2) is 5.84 Å². The zero-order valence-electron chi connectivity index (χ0n) is 8.44. The SMILES string of the molecule is CC(C(N)=NO)N1CCCCCC1=O. The van der Waals surface area contributed by atoms with Gasteiger partial charge in [-0.2, -0.15) is 0 Å². The predicted octanol–water partition coefficient (Wildman–Crippen LogP) is 0.524. The predicted molar refractivity (Wildman–Crippen MR) is 53.1 cm³/mol. The van der Waals surface area contributed by atoms with Crippen LogP contribution in [0.25, 0.3) is 0 Å². The number of rotatable bonds is 2. The number of carbonyl (C=O) groups is 1. The summed E-state index contributed by atoms with van der Waals surface area (Å²) in [6.45, 7) is 2.48. The van der Waals surface area contributed by atoms with E-state index < -0.39 is 0 Å². The maximum absolute atomic E-state index is 11.6. The summed E-state index contributed by atoms with van der Waals surface area (Å²) in [5, 5.41) is 11.4. The third-order valence-electron chi connectivity index (χ3n) is 2.62. The number of oxime groups is 1. The Morgan fingerprint density at radius 3 is 2.93 bits per heavy atom. The first-order chi connectivity index (χ1) is 6.66. The van der Waals surface area contributed by atoms with Gasteiger partial charge in [0.25, 0.3) is 0 Å². The molecule has 1 heterocycles. The maximum atomic E-state index is 11.6. The molecular formula is C9H17N3O2. The van der Waals surface area contributed by atoms with Crippen molar-refractivity contribution < 1.29 is 10.0 Å². The molecule has 3 N–H and O–H groups in total. The summed E-state index contributed by atoms with van der Waals surface area (Å²) in [6, 6.07) is -0.300. The molecule has 1 rings (SSSR count). The third kappa shape index (κ3) is 2.37. The molecule has 0 bridgehead atoms. The Bertz CT molecular complexity index is 240. The van der Waals surface area contributed by atoms with Crippen LogP contribution in [-0.4, -0.2) is 34.4 Å². The second-order valence-corrected chi connectivity index (χ2v) is 3.60. The zero-order valence-corrected chi connectivity index (χ0v) is 8.44. The minimum Gasteiger partial charge on any atom is -0.409 e. The monoisotopic (exact) mass is 199 g/mol. The lowest BCUT2D eigenvalue weighted by molar-refractivity contribution is -0.131. The molecule has 1 fully saturated rings. The topological polar surface area (TPSA) is 78.9 Å². The Morgan fingerprint density at radius 1 is 1.57 bits per heavy atom. The number of amidine groups is 1. The third-order valence-corrected chi connectivity index (χ3v) is 2.62. The van der Waals surface area contributed by atoms with E-state index in [0.29, 0.717) is 13.0 Å². The highest BCUT2D eigenvalue weighted by molar-refractivity contribution is 5.89. The molecule has 0 aromatic rings. The Kier molecular flexibility index (Phi) is 3.73. The van der Waals surface area contributed by atoms with Crippen molar-refractivity contribution >= 4 is 11.7 Å². The Morgan fingerprint density at radius 2 is 2.29 bits per heavy atom. The highest BCUT2D eigenvalue weighted by Crippen LogP contribution is 2.13. The molecule has 0 saturated carbocycles. The number of hydrogen-bond acceptors (Lipinski definition) is 3. The van der Waals surface area contributed by atoms with E-state index in [1.54, 1.807) is 11.8 Å². The van der Waals surface area contributed by atoms with Gasteiger partial charge in [0.1, 0.15) is 0 Å². The Hall–Kier alpha value is -1.26. The van der Waals surface area contributed by atoms with Crippen molar-refractivity contribution in [2.45, 2.75) is 38.6 Å². The molecule has 1 unspecified atom stereocenters. The minimum atomic E-state index is -0.300. The van der Waals surface area contributed by atoms with Gasteiger partial charge in [-0.15, -0.1) is 0 Å². The van der Waals surface area contributed by atoms with Gasteiger partial charge in [-0.25, -0.2) is 0 Å². The molecule has 80 valence electrons. The van der Waals surface area contributed by atoms with Crippen LogP contribution in [0.3, 0.4) is 0 Å². The summed E-state index contributed by atoms with van der Waals surface area (Å²) in [7, 11) is 0. The number of amides is 1. The van der Waals surface area contributed by atoms with Gasteiger partial charge >= 0.3 is 0 Å². The number of hydrogen-bond donors (Lipinski definition) is 2. The van der Waals surface area contributed by atoms with E-state index in [2.05, 4.69) is 5.16 Å². The lowest BCUT2D eigenvalue weighted by Crippen LogP contribution is -2.46. The van der Waals surface area contributed by atoms with Gasteiger partial charge in [0, 0.05) is 13.0 Å². The van der Waals surface area contributed by atoms with Gasteiger partial charge in [-0.1, -0.05) is 11.6 Å². The summed E-state index contributed by atoms with van der Waals surface area (Å²) in [5.41, 5.74) is 5.47. The van der Waals surface area contributed by atoms with Crippen molar-refractivity contribution in [2.75, 3.05) is 6.54 Å². The summed E-state index contributed by atoms with van der Waals surface area (Å²) < 4.78 is 0. The molecule has 1 aliphatic rings. The first-order valence-electron chi connectivity index (χ1n) is 4.93. The van der Waals surface area contributed by atoms with E-state index in [-0.39, 0.29) is 17.8 Å². The van der Waals surface area contributed by atoms with Crippen molar-refractivity contribution in [3.63, 3.8) is 0 Å². The first kappa shape index (κ1) is 10.8. The van der Waals surface area contributed by atoms with Crippen LogP contribution in [0.4, 0.5) is 0 Å². The van der Waals surface area contributed by atoms with Crippen LogP contribution in [0.5, 0.6) is 0 Å². The fraction of sp³-hybridized carbons (Fsp3) is 0.778. The van der Waals surface area contributed by atoms with Crippen LogP contribution in [0.2, 0.25) is 0 Å². The molecule has 1 amide bonds. The van der Waals surface area contributed by atoms with Gasteiger partial charge in [-0.3, -0.25) is 4.79 Å². The van der Waals surface area contributed by atoms with Crippen molar-refractivity contribution in [1.82, 2.24) is 4.90 Å². The average Bonchev–Trinajstić information content (AvgIpc) is 2.40. The molecule has 0 aliphatic carbocycles. The fourth-order valence-corrected chi connectivity index (χ4v) is 1.66. The van der Waals surface area contributed by atoms with E-state index >= 15 is 0 Å². The number of nitrogens with two attached hydrogens (primary N) is 1. The van der Waals surface area contributed by atoms with Crippen LogP contribution in [-0.2, 0) is 4.79 Å². The van der Waals surface area contributed by atoms with Crippen LogP contribution in [0, 0.1) is 0 Å². The standard InChI is InChI=1S/C9H17N3O2/c1-7(9(10)11-14)12-6-4-2-3-5-8(12)13/h7,14H,2-6H2,1H3,(H2,10,11). The maximum Gasteiger partial charge on any atom is 0.223 e. The van der Waals surface area contributed by atoms with Crippen molar-refractivity contribution in [1.29, 1.82) is 0 Å². The average molecular weight is 199 g/mol. The number of carbonyl (C=O) groups excluding carboxylic acids is 1. The molecule has 14 heavy (non-hydrogen) atoms. The van der Waals surface area contributed by atoms with E-state index in [1.807, 2.05) is 0 Å². The summed E-state index contributed by atoms with van der Waals surface area (Å²) in [6.07, 6.45) is 3.58. The van der Waals surface area contributed by atoms with Crippen molar-refractivity contribution in [2.24, 2.45) is 10.9 Å². The van der Waals surface area contributed by atoms with Crippen LogP contribution in [0.15, 0.2) is 5.16 Å². The first-order valence-corrected chi connectivity index (χ1v) is 4.93. The van der Waals surface area contributed by atoms with Gasteiger partial charge in [-0.05, 0) is 19.8 Å². The molecule has 5 heteroatoms. The van der Waals surface area contributed by atoms with Crippen molar-refractivity contribution in [3.05, 3.63) is 0 Å². The molecule has 1 saturated heterocycles. The largest absolute Gasteiger partial charge is 0.409 e. The molecule has 5 nitrogen and oxygen atoms in total. The Balaban J connectivity index is 2.68.